The summed E-state index contributed by atoms with van der Waals surface area (Å²) in [7, 11) is 1.55. The van der Waals surface area contributed by atoms with E-state index in [1.54, 1.807) is 24.1 Å². The Morgan fingerprint density at radius 2 is 1.83 bits per heavy atom. The number of benzene rings is 1. The van der Waals surface area contributed by atoms with Crippen LogP contribution in [0.25, 0.3) is 0 Å². The molecular weight excluding hydrogens is 376 g/mol. The molecule has 1 aliphatic carbocycles. The minimum absolute atomic E-state index is 0.0952. The van der Waals surface area contributed by atoms with Gasteiger partial charge in [-0.1, -0.05) is 18.6 Å². The molecule has 0 atom stereocenters. The third-order valence-corrected chi connectivity index (χ3v) is 4.70. The molecule has 2 amide bonds. The van der Waals surface area contributed by atoms with E-state index in [-0.39, 0.29) is 37.3 Å². The minimum atomic E-state index is -0.798. The lowest BCUT2D eigenvalue weighted by Crippen LogP contribution is -2.39. The highest BCUT2D eigenvalue weighted by atomic mass is 16.5. The zero-order valence-corrected chi connectivity index (χ0v) is 16.9. The highest BCUT2D eigenvalue weighted by Gasteiger charge is 2.32. The molecule has 0 unspecified atom stereocenters. The summed E-state index contributed by atoms with van der Waals surface area (Å²) in [6.07, 6.45) is 4.42. The first-order valence-electron chi connectivity index (χ1n) is 10.0. The predicted molar refractivity (Wildman–Crippen MR) is 107 cm³/mol. The van der Waals surface area contributed by atoms with Gasteiger partial charge < -0.3 is 24.8 Å². The van der Waals surface area contributed by atoms with E-state index >= 15 is 0 Å². The van der Waals surface area contributed by atoms with Crippen molar-refractivity contribution in [3.63, 3.8) is 0 Å². The van der Waals surface area contributed by atoms with Crippen molar-refractivity contribution < 1.29 is 29.0 Å². The first kappa shape index (κ1) is 22.5. The molecule has 0 spiro atoms. The number of para-hydroxylation sites is 2. The van der Waals surface area contributed by atoms with Gasteiger partial charge in [-0.3, -0.25) is 14.4 Å². The average Bonchev–Trinajstić information content (AvgIpc) is 3.54. The molecule has 0 radical (unpaired) electrons. The van der Waals surface area contributed by atoms with E-state index in [1.807, 2.05) is 12.1 Å². The number of methoxy groups -OCH3 is 1. The zero-order valence-electron chi connectivity index (χ0n) is 16.9. The standard InChI is InChI=1S/C21H30N2O6/c1-28-17-7-4-5-8-18(17)29-15-20(25)23(16-10-11-16)14-12-19(24)22-13-6-2-3-9-21(26)27/h4-5,7-8,16H,2-3,6,9-15H2,1H3,(H,22,24)(H,26,27). The van der Waals surface area contributed by atoms with Gasteiger partial charge in [0.2, 0.25) is 5.91 Å². The Bertz CT molecular complexity index is 690. The van der Waals surface area contributed by atoms with E-state index < -0.39 is 5.97 Å². The van der Waals surface area contributed by atoms with Gasteiger partial charge in [-0.15, -0.1) is 0 Å². The number of nitrogens with zero attached hydrogens (tertiary/aromatic N) is 1. The van der Waals surface area contributed by atoms with Crippen molar-refractivity contribution >= 4 is 17.8 Å². The molecule has 2 rings (SSSR count). The maximum absolute atomic E-state index is 12.6. The number of unbranched alkanes of at least 4 members (excludes halogenated alkanes) is 2. The molecule has 2 N–H and O–H groups in total. The van der Waals surface area contributed by atoms with Crippen LogP contribution in [0, 0.1) is 0 Å². The lowest BCUT2D eigenvalue weighted by atomic mass is 10.2. The lowest BCUT2D eigenvalue weighted by Gasteiger charge is -2.22. The van der Waals surface area contributed by atoms with Crippen molar-refractivity contribution in [2.24, 2.45) is 0 Å². The molecule has 0 aliphatic heterocycles. The van der Waals surface area contributed by atoms with Gasteiger partial charge >= 0.3 is 5.97 Å². The van der Waals surface area contributed by atoms with Crippen LogP contribution in [0.2, 0.25) is 0 Å². The highest BCUT2D eigenvalue weighted by Crippen LogP contribution is 2.28. The van der Waals surface area contributed by atoms with Gasteiger partial charge in [0.1, 0.15) is 0 Å². The summed E-state index contributed by atoms with van der Waals surface area (Å²) in [6, 6.07) is 7.34. The predicted octanol–water partition coefficient (Wildman–Crippen LogP) is 2.22. The topological polar surface area (TPSA) is 105 Å². The average molecular weight is 406 g/mol. The van der Waals surface area contributed by atoms with Crippen LogP contribution in [0.5, 0.6) is 11.5 Å². The van der Waals surface area contributed by atoms with Crippen LogP contribution < -0.4 is 14.8 Å². The number of hydrogen-bond donors (Lipinski definition) is 2. The lowest BCUT2D eigenvalue weighted by molar-refractivity contribution is -0.137. The molecule has 0 bridgehead atoms. The molecule has 1 aromatic rings. The van der Waals surface area contributed by atoms with Crippen LogP contribution in [-0.4, -0.2) is 60.6 Å². The van der Waals surface area contributed by atoms with Crippen molar-refractivity contribution in [3.05, 3.63) is 24.3 Å². The van der Waals surface area contributed by atoms with Gasteiger partial charge in [0, 0.05) is 32.0 Å². The third kappa shape index (κ3) is 8.41. The molecule has 8 nitrogen and oxygen atoms in total. The molecule has 1 saturated carbocycles. The van der Waals surface area contributed by atoms with Gasteiger partial charge in [0.25, 0.3) is 5.91 Å². The van der Waals surface area contributed by atoms with Gasteiger partial charge in [-0.25, -0.2) is 0 Å². The van der Waals surface area contributed by atoms with Crippen molar-refractivity contribution in [1.29, 1.82) is 0 Å². The first-order chi connectivity index (χ1) is 14.0. The van der Waals surface area contributed by atoms with Crippen LogP contribution in [0.3, 0.4) is 0 Å². The minimum Gasteiger partial charge on any atom is -0.493 e. The Hall–Kier alpha value is -2.77. The Labute approximate surface area is 171 Å². The fraction of sp³-hybridized carbons (Fsp3) is 0.571. The fourth-order valence-electron chi connectivity index (χ4n) is 2.97. The third-order valence-electron chi connectivity index (χ3n) is 4.70. The van der Waals surface area contributed by atoms with E-state index in [2.05, 4.69) is 5.32 Å². The number of nitrogens with one attached hydrogen (secondary N) is 1. The van der Waals surface area contributed by atoms with E-state index in [9.17, 15) is 14.4 Å². The Kier molecular flexibility index (Phi) is 9.27. The number of carbonyl (C=O) groups is 3. The summed E-state index contributed by atoms with van der Waals surface area (Å²) >= 11 is 0. The van der Waals surface area contributed by atoms with Crippen molar-refractivity contribution in [3.8, 4) is 11.5 Å². The number of aliphatic carboxylic acids is 1. The first-order valence-corrected chi connectivity index (χ1v) is 10.0. The summed E-state index contributed by atoms with van der Waals surface area (Å²) in [6.45, 7) is 0.790. The molecule has 1 aromatic carbocycles. The van der Waals surface area contributed by atoms with Crippen molar-refractivity contribution in [2.75, 3.05) is 26.8 Å². The maximum Gasteiger partial charge on any atom is 0.303 e. The number of ether oxygens (including phenoxy) is 2. The second-order valence-corrected chi connectivity index (χ2v) is 7.06. The van der Waals surface area contributed by atoms with Crippen LogP contribution >= 0.6 is 0 Å². The number of carboxylic acid groups (broad SMARTS) is 1. The normalized spacial score (nSPS) is 12.9. The van der Waals surface area contributed by atoms with Gasteiger partial charge in [-0.05, 0) is 37.8 Å². The summed E-state index contributed by atoms with van der Waals surface area (Å²) in [4.78, 5) is 36.8. The quantitative estimate of drug-likeness (QED) is 0.459. The van der Waals surface area contributed by atoms with Gasteiger partial charge in [-0.2, -0.15) is 0 Å². The molecule has 0 aromatic heterocycles. The van der Waals surface area contributed by atoms with E-state index in [0.29, 0.717) is 31.0 Å². The maximum atomic E-state index is 12.6. The molecular formula is C21H30N2O6. The highest BCUT2D eigenvalue weighted by molar-refractivity contribution is 5.80. The van der Waals surface area contributed by atoms with Gasteiger partial charge in [0.15, 0.2) is 18.1 Å². The van der Waals surface area contributed by atoms with Gasteiger partial charge in [0.05, 0.1) is 7.11 Å². The Balaban J connectivity index is 1.69. The number of amides is 2. The number of carbonyl (C=O) groups excluding carboxylic acids is 2. The summed E-state index contributed by atoms with van der Waals surface area (Å²) < 4.78 is 10.8. The van der Waals surface area contributed by atoms with E-state index in [4.69, 9.17) is 14.6 Å². The second-order valence-electron chi connectivity index (χ2n) is 7.06. The summed E-state index contributed by atoms with van der Waals surface area (Å²) in [5.41, 5.74) is 0. The summed E-state index contributed by atoms with van der Waals surface area (Å²) in [5.74, 6) is 0.0431. The van der Waals surface area contributed by atoms with Crippen molar-refractivity contribution in [1.82, 2.24) is 10.2 Å². The SMILES string of the molecule is COc1ccccc1OCC(=O)N(CCC(=O)NCCCCCC(=O)O)C1CC1. The number of carboxylic acids is 1. The van der Waals surface area contributed by atoms with Crippen LogP contribution in [0.1, 0.15) is 44.9 Å². The van der Waals surface area contributed by atoms with Crippen LogP contribution in [-0.2, 0) is 14.4 Å². The summed E-state index contributed by atoms with van der Waals surface area (Å²) in [5, 5.41) is 11.4. The molecule has 29 heavy (non-hydrogen) atoms. The van der Waals surface area contributed by atoms with Crippen LogP contribution in [0.15, 0.2) is 24.3 Å². The largest absolute Gasteiger partial charge is 0.493 e. The molecule has 1 aliphatic rings. The van der Waals surface area contributed by atoms with Crippen molar-refractivity contribution in [2.45, 2.75) is 51.0 Å². The molecule has 8 heteroatoms. The number of rotatable bonds is 14. The van der Waals surface area contributed by atoms with E-state index in [0.717, 1.165) is 25.7 Å². The van der Waals surface area contributed by atoms with E-state index in [1.165, 1.54) is 0 Å². The zero-order chi connectivity index (χ0) is 21.1. The fourth-order valence-corrected chi connectivity index (χ4v) is 2.97. The number of hydrogen-bond acceptors (Lipinski definition) is 5. The molecule has 0 heterocycles. The monoisotopic (exact) mass is 406 g/mol. The Morgan fingerprint density at radius 3 is 2.48 bits per heavy atom. The second kappa shape index (κ2) is 11.9. The molecule has 0 saturated heterocycles. The van der Waals surface area contributed by atoms with Crippen LogP contribution in [0.4, 0.5) is 0 Å². The molecule has 160 valence electrons. The Morgan fingerprint density at radius 1 is 1.10 bits per heavy atom. The molecule has 1 fully saturated rings. The smallest absolute Gasteiger partial charge is 0.303 e.